The van der Waals surface area contributed by atoms with E-state index < -0.39 is 16.0 Å². The number of aryl methyl sites for hydroxylation is 1. The number of aromatic carboxylic acids is 1. The highest BCUT2D eigenvalue weighted by atomic mass is 32.2. The van der Waals surface area contributed by atoms with Crippen LogP contribution in [0.3, 0.4) is 0 Å². The molecule has 2 N–H and O–H groups in total. The van der Waals surface area contributed by atoms with Crippen molar-refractivity contribution in [3.05, 3.63) is 46.8 Å². The first kappa shape index (κ1) is 13.6. The van der Waals surface area contributed by atoms with Crippen LogP contribution < -0.4 is 4.72 Å². The number of anilines is 1. The van der Waals surface area contributed by atoms with E-state index in [0.29, 0.717) is 11.3 Å². The van der Waals surface area contributed by atoms with Gasteiger partial charge < -0.3 is 5.11 Å². The molecule has 100 valence electrons. The van der Waals surface area contributed by atoms with Gasteiger partial charge in [-0.3, -0.25) is 4.72 Å². The van der Waals surface area contributed by atoms with Crippen molar-refractivity contribution in [3.63, 3.8) is 0 Å². The summed E-state index contributed by atoms with van der Waals surface area (Å²) in [5.41, 5.74) is 1.05. The molecule has 0 unspecified atom stereocenters. The lowest BCUT2D eigenvalue weighted by atomic mass is 10.1. The van der Waals surface area contributed by atoms with Crippen LogP contribution >= 0.6 is 11.3 Å². The molecule has 0 saturated carbocycles. The highest BCUT2D eigenvalue weighted by Gasteiger charge is 2.16. The molecule has 1 aromatic carbocycles. The largest absolute Gasteiger partial charge is 0.478 e. The Hall–Kier alpha value is -1.86. The summed E-state index contributed by atoms with van der Waals surface area (Å²) in [5, 5.41) is 10.5. The van der Waals surface area contributed by atoms with Gasteiger partial charge >= 0.3 is 5.97 Å². The molecule has 2 rings (SSSR count). The van der Waals surface area contributed by atoms with Crippen LogP contribution in [0.15, 0.2) is 39.9 Å². The van der Waals surface area contributed by atoms with Gasteiger partial charge in [-0.25, -0.2) is 13.2 Å². The minimum atomic E-state index is -3.60. The topological polar surface area (TPSA) is 83.5 Å². The van der Waals surface area contributed by atoms with Crippen LogP contribution in [-0.2, 0) is 10.0 Å². The fourth-order valence-corrected chi connectivity index (χ4v) is 3.65. The Morgan fingerprint density at radius 1 is 1.32 bits per heavy atom. The maximum absolute atomic E-state index is 12.0. The van der Waals surface area contributed by atoms with E-state index in [4.69, 9.17) is 5.11 Å². The van der Waals surface area contributed by atoms with Crippen LogP contribution in [0.5, 0.6) is 0 Å². The van der Waals surface area contributed by atoms with E-state index in [1.54, 1.807) is 18.4 Å². The summed E-state index contributed by atoms with van der Waals surface area (Å²) in [6.45, 7) is 1.65. The van der Waals surface area contributed by atoms with Crippen molar-refractivity contribution in [2.75, 3.05) is 4.72 Å². The Balaban J connectivity index is 2.32. The summed E-state index contributed by atoms with van der Waals surface area (Å²) in [5.74, 6) is -1.05. The normalized spacial score (nSPS) is 11.2. The first-order valence-corrected chi connectivity index (χ1v) is 7.67. The number of carboxylic acid groups (broad SMARTS) is 1. The molecule has 0 aliphatic heterocycles. The lowest BCUT2D eigenvalue weighted by molar-refractivity contribution is 0.0697. The Kier molecular flexibility index (Phi) is 3.59. The lowest BCUT2D eigenvalue weighted by Crippen LogP contribution is -2.12. The number of hydrogen-bond acceptors (Lipinski definition) is 4. The number of hydrogen-bond donors (Lipinski definition) is 2. The molecule has 1 heterocycles. The quantitative estimate of drug-likeness (QED) is 0.908. The zero-order valence-electron chi connectivity index (χ0n) is 9.95. The molecule has 0 aliphatic carbocycles. The lowest BCUT2D eigenvalue weighted by Gasteiger charge is -2.09. The van der Waals surface area contributed by atoms with Crippen LogP contribution in [0, 0.1) is 6.92 Å². The molecule has 0 bridgehead atoms. The maximum atomic E-state index is 12.0. The number of rotatable bonds is 4. The predicted octanol–water partition coefficient (Wildman–Crippen LogP) is 2.56. The second-order valence-electron chi connectivity index (χ2n) is 3.87. The molecule has 0 saturated heterocycles. The van der Waals surface area contributed by atoms with Gasteiger partial charge in [-0.2, -0.15) is 0 Å². The van der Waals surface area contributed by atoms with E-state index in [1.807, 2.05) is 0 Å². The summed E-state index contributed by atoms with van der Waals surface area (Å²) < 4.78 is 26.7. The van der Waals surface area contributed by atoms with E-state index in [-0.39, 0.29) is 9.77 Å². The van der Waals surface area contributed by atoms with Crippen molar-refractivity contribution in [2.45, 2.75) is 11.1 Å². The van der Waals surface area contributed by atoms with Crippen LogP contribution in [-0.4, -0.2) is 19.5 Å². The predicted molar refractivity (Wildman–Crippen MR) is 73.3 cm³/mol. The summed E-state index contributed by atoms with van der Waals surface area (Å²) in [4.78, 5) is 10.8. The summed E-state index contributed by atoms with van der Waals surface area (Å²) in [6.07, 6.45) is 0. The summed E-state index contributed by atoms with van der Waals surface area (Å²) >= 11 is 1.12. The van der Waals surface area contributed by atoms with Gasteiger partial charge in [0.25, 0.3) is 10.0 Å². The van der Waals surface area contributed by atoms with Gasteiger partial charge in [0.15, 0.2) is 0 Å². The molecule has 5 nitrogen and oxygen atoms in total. The van der Waals surface area contributed by atoms with Gasteiger partial charge in [0, 0.05) is 0 Å². The first-order chi connectivity index (χ1) is 8.90. The smallest absolute Gasteiger partial charge is 0.335 e. The average Bonchev–Trinajstić information content (AvgIpc) is 2.85. The molecule has 0 fully saturated rings. The minimum absolute atomic E-state index is 0.122. The molecular weight excluding hydrogens is 286 g/mol. The fraction of sp³-hybridized carbons (Fsp3) is 0.0833. The highest BCUT2D eigenvalue weighted by Crippen LogP contribution is 2.23. The van der Waals surface area contributed by atoms with Crippen molar-refractivity contribution < 1.29 is 18.3 Å². The molecule has 7 heteroatoms. The van der Waals surface area contributed by atoms with E-state index in [1.165, 1.54) is 24.3 Å². The van der Waals surface area contributed by atoms with E-state index >= 15 is 0 Å². The summed E-state index contributed by atoms with van der Waals surface area (Å²) in [6, 6.07) is 7.40. The SMILES string of the molecule is Cc1cc(C(=O)O)ccc1NS(=O)(=O)c1cccs1. The molecule has 1 aromatic heterocycles. The Bertz CT molecular complexity index is 705. The zero-order chi connectivity index (χ0) is 14.0. The van der Waals surface area contributed by atoms with Crippen molar-refractivity contribution in [2.24, 2.45) is 0 Å². The first-order valence-electron chi connectivity index (χ1n) is 5.30. The van der Waals surface area contributed by atoms with Crippen LogP contribution in [0.25, 0.3) is 0 Å². The van der Waals surface area contributed by atoms with Gasteiger partial charge in [-0.05, 0) is 42.1 Å². The number of nitrogens with one attached hydrogen (secondary N) is 1. The van der Waals surface area contributed by atoms with E-state index in [9.17, 15) is 13.2 Å². The molecule has 0 atom stereocenters. The zero-order valence-corrected chi connectivity index (χ0v) is 11.6. The summed E-state index contributed by atoms with van der Waals surface area (Å²) in [7, 11) is -3.60. The number of carbonyl (C=O) groups is 1. The molecular formula is C12H11NO4S2. The van der Waals surface area contributed by atoms with Crippen LogP contribution in [0.4, 0.5) is 5.69 Å². The number of thiophene rings is 1. The van der Waals surface area contributed by atoms with E-state index in [2.05, 4.69) is 4.72 Å². The van der Waals surface area contributed by atoms with Crippen molar-refractivity contribution in [1.29, 1.82) is 0 Å². The fourth-order valence-electron chi connectivity index (χ4n) is 1.52. The van der Waals surface area contributed by atoms with Gasteiger partial charge in [-0.15, -0.1) is 11.3 Å². The third-order valence-electron chi connectivity index (χ3n) is 2.48. The van der Waals surface area contributed by atoms with Crippen molar-refractivity contribution in [1.82, 2.24) is 0 Å². The monoisotopic (exact) mass is 297 g/mol. The average molecular weight is 297 g/mol. The second-order valence-corrected chi connectivity index (χ2v) is 6.73. The standard InChI is InChI=1S/C12H11NO4S2/c1-8-7-9(12(14)15)4-5-10(8)13-19(16,17)11-3-2-6-18-11/h2-7,13H,1H3,(H,14,15). The van der Waals surface area contributed by atoms with Gasteiger partial charge in [0.05, 0.1) is 11.3 Å². The van der Waals surface area contributed by atoms with Gasteiger partial charge in [0.1, 0.15) is 4.21 Å². The molecule has 2 aromatic rings. The third-order valence-corrected chi connectivity index (χ3v) is 5.24. The Labute approximate surface area is 114 Å². The van der Waals surface area contributed by atoms with Crippen LogP contribution in [0.1, 0.15) is 15.9 Å². The molecule has 0 aliphatic rings. The molecule has 19 heavy (non-hydrogen) atoms. The Morgan fingerprint density at radius 2 is 2.05 bits per heavy atom. The van der Waals surface area contributed by atoms with E-state index in [0.717, 1.165) is 11.3 Å². The number of carboxylic acids is 1. The Morgan fingerprint density at radius 3 is 2.58 bits per heavy atom. The van der Waals surface area contributed by atoms with Crippen molar-refractivity contribution >= 4 is 33.0 Å². The number of benzene rings is 1. The molecule has 0 spiro atoms. The molecule has 0 amide bonds. The number of sulfonamides is 1. The van der Waals surface area contributed by atoms with Gasteiger partial charge in [0.2, 0.25) is 0 Å². The van der Waals surface area contributed by atoms with Crippen LogP contribution in [0.2, 0.25) is 0 Å². The second kappa shape index (κ2) is 5.02. The molecule has 0 radical (unpaired) electrons. The minimum Gasteiger partial charge on any atom is -0.478 e. The third kappa shape index (κ3) is 2.94. The van der Waals surface area contributed by atoms with Crippen molar-refractivity contribution in [3.8, 4) is 0 Å². The highest BCUT2D eigenvalue weighted by molar-refractivity contribution is 7.94. The maximum Gasteiger partial charge on any atom is 0.335 e. The van der Waals surface area contributed by atoms with Gasteiger partial charge in [-0.1, -0.05) is 6.07 Å².